The van der Waals surface area contributed by atoms with Gasteiger partial charge >= 0.3 is 0 Å². The van der Waals surface area contributed by atoms with Crippen molar-refractivity contribution in [1.29, 1.82) is 0 Å². The standard InChI is InChI=1S/C18H28N2/c1-16-6-2-3-7-17(16)19-12-15-20-13-10-18(11-14-20)8-4-5-9-18/h2-3,6-7,19H,4-5,8-15H2,1H3. The van der Waals surface area contributed by atoms with Crippen LogP contribution in [0, 0.1) is 12.3 Å². The first-order valence-corrected chi connectivity index (χ1v) is 8.29. The lowest BCUT2D eigenvalue weighted by molar-refractivity contribution is 0.112. The summed E-state index contributed by atoms with van der Waals surface area (Å²) in [5.41, 5.74) is 3.38. The van der Waals surface area contributed by atoms with E-state index in [0.717, 1.165) is 12.0 Å². The van der Waals surface area contributed by atoms with Crippen molar-refractivity contribution in [1.82, 2.24) is 4.90 Å². The molecule has 0 radical (unpaired) electrons. The third-order valence-electron chi connectivity index (χ3n) is 5.47. The normalized spacial score (nSPS) is 22.2. The Morgan fingerprint density at radius 2 is 1.75 bits per heavy atom. The van der Waals surface area contributed by atoms with E-state index in [0.29, 0.717) is 0 Å². The van der Waals surface area contributed by atoms with Crippen molar-refractivity contribution in [3.05, 3.63) is 29.8 Å². The molecule has 1 heterocycles. The lowest BCUT2D eigenvalue weighted by atomic mass is 9.77. The molecule has 1 spiro atoms. The van der Waals surface area contributed by atoms with E-state index in [1.165, 1.54) is 69.4 Å². The summed E-state index contributed by atoms with van der Waals surface area (Å²) >= 11 is 0. The highest BCUT2D eigenvalue weighted by atomic mass is 15.1. The molecule has 0 amide bonds. The average Bonchev–Trinajstić information content (AvgIpc) is 2.92. The smallest absolute Gasteiger partial charge is 0.0370 e. The summed E-state index contributed by atoms with van der Waals surface area (Å²) in [7, 11) is 0. The van der Waals surface area contributed by atoms with Crippen LogP contribution in [0.25, 0.3) is 0 Å². The van der Waals surface area contributed by atoms with Crippen molar-refractivity contribution in [2.45, 2.75) is 45.4 Å². The van der Waals surface area contributed by atoms with E-state index in [4.69, 9.17) is 0 Å². The summed E-state index contributed by atoms with van der Waals surface area (Å²) in [4.78, 5) is 2.65. The van der Waals surface area contributed by atoms with Gasteiger partial charge in [0.2, 0.25) is 0 Å². The fourth-order valence-electron chi connectivity index (χ4n) is 4.00. The Bertz CT molecular complexity index is 425. The first-order chi connectivity index (χ1) is 9.77. The maximum absolute atomic E-state index is 3.58. The Hall–Kier alpha value is -1.02. The van der Waals surface area contributed by atoms with Gasteiger partial charge in [0, 0.05) is 18.8 Å². The highest BCUT2D eigenvalue weighted by molar-refractivity contribution is 5.50. The molecule has 2 heteroatoms. The Morgan fingerprint density at radius 3 is 2.45 bits per heavy atom. The predicted molar refractivity (Wildman–Crippen MR) is 86.2 cm³/mol. The van der Waals surface area contributed by atoms with Crippen molar-refractivity contribution in [2.75, 3.05) is 31.5 Å². The number of benzene rings is 1. The Kier molecular flexibility index (Phi) is 4.30. The van der Waals surface area contributed by atoms with E-state index in [1.807, 2.05) is 0 Å². The summed E-state index contributed by atoms with van der Waals surface area (Å²) in [5, 5.41) is 3.58. The molecular weight excluding hydrogens is 244 g/mol. The maximum atomic E-state index is 3.58. The second kappa shape index (κ2) is 6.17. The minimum atomic E-state index is 0.750. The third kappa shape index (κ3) is 3.17. The monoisotopic (exact) mass is 272 g/mol. The summed E-state index contributed by atoms with van der Waals surface area (Å²) < 4.78 is 0. The van der Waals surface area contributed by atoms with Crippen LogP contribution in [0.3, 0.4) is 0 Å². The molecule has 1 saturated heterocycles. The zero-order valence-electron chi connectivity index (χ0n) is 12.8. The molecule has 2 nitrogen and oxygen atoms in total. The zero-order chi connectivity index (χ0) is 13.8. The second-order valence-corrected chi connectivity index (χ2v) is 6.79. The van der Waals surface area contributed by atoms with Gasteiger partial charge in [0.25, 0.3) is 0 Å². The van der Waals surface area contributed by atoms with E-state index in [2.05, 4.69) is 41.4 Å². The SMILES string of the molecule is Cc1ccccc1NCCN1CCC2(CCCC2)CC1. The number of hydrogen-bond donors (Lipinski definition) is 1. The van der Waals surface area contributed by atoms with Gasteiger partial charge in [0.15, 0.2) is 0 Å². The predicted octanol–water partition coefficient (Wildman–Crippen LogP) is 4.06. The number of para-hydroxylation sites is 1. The van der Waals surface area contributed by atoms with Crippen LogP contribution < -0.4 is 5.32 Å². The van der Waals surface area contributed by atoms with Crippen LogP contribution in [0.1, 0.15) is 44.1 Å². The molecule has 110 valence electrons. The molecule has 20 heavy (non-hydrogen) atoms. The molecule has 2 aliphatic rings. The number of aryl methyl sites for hydroxylation is 1. The van der Waals surface area contributed by atoms with Crippen molar-refractivity contribution < 1.29 is 0 Å². The van der Waals surface area contributed by atoms with Crippen LogP contribution in [0.4, 0.5) is 5.69 Å². The number of likely N-dealkylation sites (tertiary alicyclic amines) is 1. The van der Waals surface area contributed by atoms with Gasteiger partial charge in [-0.1, -0.05) is 31.0 Å². The van der Waals surface area contributed by atoms with E-state index in [9.17, 15) is 0 Å². The fraction of sp³-hybridized carbons (Fsp3) is 0.667. The molecule has 1 aromatic rings. The number of nitrogens with zero attached hydrogens (tertiary/aromatic N) is 1. The molecule has 0 bridgehead atoms. The second-order valence-electron chi connectivity index (χ2n) is 6.79. The summed E-state index contributed by atoms with van der Waals surface area (Å²) in [6.07, 6.45) is 8.85. The number of rotatable bonds is 4. The Morgan fingerprint density at radius 1 is 1.05 bits per heavy atom. The molecule has 3 rings (SSSR count). The molecule has 1 N–H and O–H groups in total. The number of hydrogen-bond acceptors (Lipinski definition) is 2. The van der Waals surface area contributed by atoms with Crippen molar-refractivity contribution in [3.63, 3.8) is 0 Å². The molecule has 1 saturated carbocycles. The number of anilines is 1. The number of nitrogens with one attached hydrogen (secondary N) is 1. The quantitative estimate of drug-likeness (QED) is 0.889. The highest BCUT2D eigenvalue weighted by Gasteiger charge is 2.36. The van der Waals surface area contributed by atoms with E-state index in [-0.39, 0.29) is 0 Å². The average molecular weight is 272 g/mol. The van der Waals surface area contributed by atoms with Gasteiger partial charge in [0.05, 0.1) is 0 Å². The lowest BCUT2D eigenvalue weighted by Gasteiger charge is -2.39. The largest absolute Gasteiger partial charge is 0.384 e. The van der Waals surface area contributed by atoms with Gasteiger partial charge in [-0.25, -0.2) is 0 Å². The molecule has 0 atom stereocenters. The Balaban J connectivity index is 1.41. The van der Waals surface area contributed by atoms with Crippen LogP contribution in [0.2, 0.25) is 0 Å². The molecule has 0 unspecified atom stereocenters. The van der Waals surface area contributed by atoms with Gasteiger partial charge in [0.1, 0.15) is 0 Å². The zero-order valence-corrected chi connectivity index (χ0v) is 12.8. The molecule has 0 aromatic heterocycles. The van der Waals surface area contributed by atoms with Gasteiger partial charge < -0.3 is 10.2 Å². The van der Waals surface area contributed by atoms with Gasteiger partial charge in [-0.3, -0.25) is 0 Å². The molecule has 2 fully saturated rings. The van der Waals surface area contributed by atoms with Crippen molar-refractivity contribution in [2.24, 2.45) is 5.41 Å². The summed E-state index contributed by atoms with van der Waals surface area (Å²) in [6, 6.07) is 8.57. The lowest BCUT2D eigenvalue weighted by Crippen LogP contribution is -2.40. The van der Waals surface area contributed by atoms with Crippen LogP contribution in [0.5, 0.6) is 0 Å². The highest BCUT2D eigenvalue weighted by Crippen LogP contribution is 2.45. The fourth-order valence-corrected chi connectivity index (χ4v) is 4.00. The molecule has 1 aliphatic heterocycles. The van der Waals surface area contributed by atoms with Crippen LogP contribution in [0.15, 0.2) is 24.3 Å². The van der Waals surface area contributed by atoms with Gasteiger partial charge in [-0.05, 0) is 62.7 Å². The summed E-state index contributed by atoms with van der Waals surface area (Å²) in [6.45, 7) is 7.06. The Labute approximate surface area is 123 Å². The van der Waals surface area contributed by atoms with Crippen LogP contribution in [-0.4, -0.2) is 31.1 Å². The van der Waals surface area contributed by atoms with Crippen LogP contribution >= 0.6 is 0 Å². The third-order valence-corrected chi connectivity index (χ3v) is 5.47. The van der Waals surface area contributed by atoms with E-state index >= 15 is 0 Å². The molecule has 1 aromatic carbocycles. The minimum absolute atomic E-state index is 0.750. The number of piperidine rings is 1. The van der Waals surface area contributed by atoms with Crippen LogP contribution in [-0.2, 0) is 0 Å². The van der Waals surface area contributed by atoms with Crippen molar-refractivity contribution >= 4 is 5.69 Å². The van der Waals surface area contributed by atoms with Gasteiger partial charge in [-0.15, -0.1) is 0 Å². The van der Waals surface area contributed by atoms with E-state index < -0.39 is 0 Å². The summed E-state index contributed by atoms with van der Waals surface area (Å²) in [5.74, 6) is 0. The van der Waals surface area contributed by atoms with Gasteiger partial charge in [-0.2, -0.15) is 0 Å². The first-order valence-electron chi connectivity index (χ1n) is 8.29. The maximum Gasteiger partial charge on any atom is 0.0370 e. The minimum Gasteiger partial charge on any atom is -0.384 e. The van der Waals surface area contributed by atoms with Crippen molar-refractivity contribution in [3.8, 4) is 0 Å². The molecule has 1 aliphatic carbocycles. The molecular formula is C18H28N2. The van der Waals surface area contributed by atoms with E-state index in [1.54, 1.807) is 0 Å². The first kappa shape index (κ1) is 13.9. The topological polar surface area (TPSA) is 15.3 Å².